The second-order valence-corrected chi connectivity index (χ2v) is 7.16. The molecule has 8 heteroatoms. The molecule has 2 aliphatic rings. The number of carboxylic acid groups (broad SMARTS) is 1. The lowest BCUT2D eigenvalue weighted by atomic mass is 9.87. The minimum absolute atomic E-state index is 0.185. The van der Waals surface area contributed by atoms with Crippen molar-refractivity contribution >= 4 is 17.7 Å². The quantitative estimate of drug-likeness (QED) is 0.813. The predicted molar refractivity (Wildman–Crippen MR) is 90.9 cm³/mol. The smallest absolute Gasteiger partial charge is 0.408 e. The summed E-state index contributed by atoms with van der Waals surface area (Å²) in [6.45, 7) is 0.446. The number of carbonyl (C=O) groups is 1. The molecule has 7 nitrogen and oxygen atoms in total. The fourth-order valence-electron chi connectivity index (χ4n) is 3.76. The maximum absolute atomic E-state index is 11.6. The lowest BCUT2D eigenvalue weighted by molar-refractivity contribution is 0.121. The third-order valence-electron chi connectivity index (χ3n) is 5.06. The van der Waals surface area contributed by atoms with Gasteiger partial charge in [-0.05, 0) is 49.4 Å². The van der Waals surface area contributed by atoms with E-state index in [1.165, 1.54) is 4.90 Å². The van der Waals surface area contributed by atoms with E-state index in [0.29, 0.717) is 10.8 Å². The SMILES string of the molecule is O=C(O)N1Cc2cc(Cl)ccc2-n2c(nnc2C2CCC(O)CC2)C1. The first-order chi connectivity index (χ1) is 12.0. The third kappa shape index (κ3) is 2.98. The van der Waals surface area contributed by atoms with Crippen molar-refractivity contribution in [3.05, 3.63) is 40.4 Å². The van der Waals surface area contributed by atoms with Gasteiger partial charge >= 0.3 is 6.09 Å². The summed E-state index contributed by atoms with van der Waals surface area (Å²) in [6, 6.07) is 5.50. The molecule has 1 aliphatic heterocycles. The third-order valence-corrected chi connectivity index (χ3v) is 5.30. The minimum Gasteiger partial charge on any atom is -0.465 e. The summed E-state index contributed by atoms with van der Waals surface area (Å²) in [5, 5.41) is 28.5. The molecule has 25 heavy (non-hydrogen) atoms. The Morgan fingerprint density at radius 2 is 1.92 bits per heavy atom. The van der Waals surface area contributed by atoms with Crippen molar-refractivity contribution in [3.63, 3.8) is 0 Å². The topological polar surface area (TPSA) is 91.5 Å². The first kappa shape index (κ1) is 16.4. The molecule has 0 atom stereocenters. The molecule has 132 valence electrons. The van der Waals surface area contributed by atoms with Crippen molar-refractivity contribution in [2.24, 2.45) is 0 Å². The molecule has 1 aliphatic carbocycles. The highest BCUT2D eigenvalue weighted by atomic mass is 35.5. The number of benzene rings is 1. The van der Waals surface area contributed by atoms with Gasteiger partial charge in [-0.25, -0.2) is 4.79 Å². The van der Waals surface area contributed by atoms with Crippen LogP contribution in [-0.4, -0.2) is 42.1 Å². The summed E-state index contributed by atoms with van der Waals surface area (Å²) in [6.07, 6.45) is 1.97. The molecule has 1 saturated carbocycles. The monoisotopic (exact) mass is 362 g/mol. The molecule has 4 rings (SSSR count). The summed E-state index contributed by atoms with van der Waals surface area (Å²) in [7, 11) is 0. The van der Waals surface area contributed by atoms with E-state index >= 15 is 0 Å². The number of aliphatic hydroxyl groups excluding tert-OH is 1. The number of hydrogen-bond donors (Lipinski definition) is 2. The van der Waals surface area contributed by atoms with E-state index in [-0.39, 0.29) is 25.1 Å². The van der Waals surface area contributed by atoms with Gasteiger partial charge in [0.2, 0.25) is 0 Å². The van der Waals surface area contributed by atoms with Gasteiger partial charge in [-0.3, -0.25) is 9.47 Å². The van der Waals surface area contributed by atoms with Crippen LogP contribution in [0.15, 0.2) is 18.2 Å². The van der Waals surface area contributed by atoms with Gasteiger partial charge in [0.05, 0.1) is 24.9 Å². The molecule has 0 radical (unpaired) electrons. The van der Waals surface area contributed by atoms with Crippen molar-refractivity contribution in [3.8, 4) is 5.69 Å². The highest BCUT2D eigenvalue weighted by molar-refractivity contribution is 6.30. The molecule has 1 fully saturated rings. The van der Waals surface area contributed by atoms with Crippen molar-refractivity contribution in [1.29, 1.82) is 0 Å². The number of hydrogen-bond acceptors (Lipinski definition) is 4. The Bertz CT molecular complexity index is 814. The van der Waals surface area contributed by atoms with Crippen LogP contribution in [0.25, 0.3) is 5.69 Å². The zero-order valence-corrected chi connectivity index (χ0v) is 14.4. The van der Waals surface area contributed by atoms with Crippen molar-refractivity contribution in [2.75, 3.05) is 0 Å². The van der Waals surface area contributed by atoms with E-state index in [4.69, 9.17) is 11.6 Å². The van der Waals surface area contributed by atoms with Gasteiger partial charge in [0.25, 0.3) is 0 Å². The maximum Gasteiger partial charge on any atom is 0.408 e. The molecule has 0 saturated heterocycles. The molecule has 1 amide bonds. The fourth-order valence-corrected chi connectivity index (χ4v) is 3.95. The van der Waals surface area contributed by atoms with Crippen LogP contribution < -0.4 is 0 Å². The predicted octanol–water partition coefficient (Wildman–Crippen LogP) is 2.93. The van der Waals surface area contributed by atoms with E-state index < -0.39 is 6.09 Å². The number of rotatable bonds is 1. The average Bonchev–Trinajstić information content (AvgIpc) is 2.91. The molecule has 2 N–H and O–H groups in total. The molecular weight excluding hydrogens is 344 g/mol. The summed E-state index contributed by atoms with van der Waals surface area (Å²) in [5.41, 5.74) is 1.72. The van der Waals surface area contributed by atoms with Crippen molar-refractivity contribution < 1.29 is 15.0 Å². The van der Waals surface area contributed by atoms with Crippen LogP contribution in [0.3, 0.4) is 0 Å². The van der Waals surface area contributed by atoms with Crippen LogP contribution in [0.1, 0.15) is 48.8 Å². The first-order valence-corrected chi connectivity index (χ1v) is 8.79. The van der Waals surface area contributed by atoms with Crippen LogP contribution in [0.4, 0.5) is 4.79 Å². The Hall–Kier alpha value is -2.12. The standard InChI is InChI=1S/C17H19ClN4O3/c18-12-3-6-14-11(7-12)8-21(17(24)25)9-15-19-20-16(22(14)15)10-1-4-13(23)5-2-10/h3,6-7,10,13,23H,1-2,4-5,8-9H2,(H,24,25). The lowest BCUT2D eigenvalue weighted by Gasteiger charge is -2.25. The van der Waals surface area contributed by atoms with Gasteiger partial charge in [-0.2, -0.15) is 0 Å². The molecular formula is C17H19ClN4O3. The van der Waals surface area contributed by atoms with Gasteiger partial charge in [0.15, 0.2) is 5.82 Å². The number of aromatic nitrogens is 3. The van der Waals surface area contributed by atoms with Crippen LogP contribution in [0.2, 0.25) is 5.02 Å². The van der Waals surface area contributed by atoms with Gasteiger partial charge in [-0.1, -0.05) is 11.6 Å². The minimum atomic E-state index is -0.996. The summed E-state index contributed by atoms with van der Waals surface area (Å²) in [5.74, 6) is 1.67. The number of amides is 1. The van der Waals surface area contributed by atoms with Gasteiger partial charge in [0.1, 0.15) is 5.82 Å². The Balaban J connectivity index is 1.82. The zero-order valence-electron chi connectivity index (χ0n) is 13.6. The lowest BCUT2D eigenvalue weighted by Crippen LogP contribution is -2.28. The van der Waals surface area contributed by atoms with Crippen molar-refractivity contribution in [1.82, 2.24) is 19.7 Å². The number of halogens is 1. The molecule has 1 aromatic heterocycles. The molecule has 2 heterocycles. The van der Waals surface area contributed by atoms with Crippen LogP contribution in [0, 0.1) is 0 Å². The Labute approximate surface area is 149 Å². The number of fused-ring (bicyclic) bond motifs is 3. The second kappa shape index (κ2) is 6.31. The summed E-state index contributed by atoms with van der Waals surface area (Å²) in [4.78, 5) is 12.9. The van der Waals surface area contributed by atoms with Crippen LogP contribution in [-0.2, 0) is 13.1 Å². The highest BCUT2D eigenvalue weighted by Crippen LogP contribution is 2.35. The van der Waals surface area contributed by atoms with Crippen LogP contribution >= 0.6 is 11.6 Å². The number of nitrogens with zero attached hydrogens (tertiary/aromatic N) is 4. The average molecular weight is 363 g/mol. The molecule has 0 spiro atoms. The molecule has 0 unspecified atom stereocenters. The van der Waals surface area contributed by atoms with E-state index in [1.807, 2.05) is 10.6 Å². The maximum atomic E-state index is 11.6. The first-order valence-electron chi connectivity index (χ1n) is 8.42. The number of aliphatic hydroxyl groups is 1. The van der Waals surface area contributed by atoms with Gasteiger partial charge in [0, 0.05) is 10.9 Å². The van der Waals surface area contributed by atoms with E-state index in [1.54, 1.807) is 12.1 Å². The Morgan fingerprint density at radius 1 is 1.16 bits per heavy atom. The summed E-state index contributed by atoms with van der Waals surface area (Å²) >= 11 is 6.13. The van der Waals surface area contributed by atoms with E-state index in [2.05, 4.69) is 10.2 Å². The molecule has 0 bridgehead atoms. The van der Waals surface area contributed by atoms with Crippen LogP contribution in [0.5, 0.6) is 0 Å². The normalized spacial score (nSPS) is 22.9. The van der Waals surface area contributed by atoms with Gasteiger partial charge < -0.3 is 10.2 Å². The fraction of sp³-hybridized carbons (Fsp3) is 0.471. The van der Waals surface area contributed by atoms with Crippen molar-refractivity contribution in [2.45, 2.75) is 50.8 Å². The summed E-state index contributed by atoms with van der Waals surface area (Å²) < 4.78 is 1.98. The zero-order chi connectivity index (χ0) is 17.6. The van der Waals surface area contributed by atoms with E-state index in [0.717, 1.165) is 42.8 Å². The largest absolute Gasteiger partial charge is 0.465 e. The Kier molecular flexibility index (Phi) is 4.13. The van der Waals surface area contributed by atoms with Gasteiger partial charge in [-0.15, -0.1) is 10.2 Å². The molecule has 2 aromatic rings. The molecule has 1 aromatic carbocycles. The highest BCUT2D eigenvalue weighted by Gasteiger charge is 2.31. The van der Waals surface area contributed by atoms with E-state index in [9.17, 15) is 15.0 Å². The Morgan fingerprint density at radius 3 is 2.64 bits per heavy atom. The second-order valence-electron chi connectivity index (χ2n) is 6.73.